The van der Waals surface area contributed by atoms with E-state index in [0.29, 0.717) is 40.3 Å². The first kappa shape index (κ1) is 17.1. The Morgan fingerprint density at radius 2 is 2.19 bits per heavy atom. The van der Waals surface area contributed by atoms with Gasteiger partial charge in [0.1, 0.15) is 5.69 Å². The van der Waals surface area contributed by atoms with Gasteiger partial charge >= 0.3 is 0 Å². The number of hydrogen-bond acceptors (Lipinski definition) is 4. The number of aromatic nitrogens is 2. The van der Waals surface area contributed by atoms with E-state index in [2.05, 4.69) is 10.2 Å². The number of fused-ring (bicyclic) bond motifs is 1. The predicted octanol–water partition coefficient (Wildman–Crippen LogP) is 4.17. The van der Waals surface area contributed by atoms with Crippen molar-refractivity contribution in [3.8, 4) is 11.5 Å². The van der Waals surface area contributed by atoms with E-state index in [9.17, 15) is 4.79 Å². The van der Waals surface area contributed by atoms with E-state index < -0.39 is 6.04 Å². The average Bonchev–Trinajstić information content (AvgIpc) is 3.32. The van der Waals surface area contributed by atoms with Crippen molar-refractivity contribution in [2.45, 2.75) is 6.04 Å². The summed E-state index contributed by atoms with van der Waals surface area (Å²) in [6.07, 6.45) is 1.58. The van der Waals surface area contributed by atoms with Crippen LogP contribution in [-0.2, 0) is 4.74 Å². The Hall–Kier alpha value is -2.28. The summed E-state index contributed by atoms with van der Waals surface area (Å²) in [5, 5.41) is 8.17. The number of nitrogens with zero attached hydrogens (tertiary/aromatic N) is 2. The van der Waals surface area contributed by atoms with E-state index in [1.807, 2.05) is 12.1 Å². The highest BCUT2D eigenvalue weighted by atomic mass is 35.5. The molecule has 8 heteroatoms. The summed E-state index contributed by atoms with van der Waals surface area (Å²) in [6, 6.07) is 8.45. The molecule has 0 bridgehead atoms. The summed E-state index contributed by atoms with van der Waals surface area (Å²) in [4.78, 5) is 14.6. The van der Waals surface area contributed by atoms with Crippen LogP contribution in [0.15, 0.2) is 41.0 Å². The van der Waals surface area contributed by atoms with Crippen molar-refractivity contribution < 1.29 is 13.9 Å². The Kier molecular flexibility index (Phi) is 4.48. The predicted molar refractivity (Wildman–Crippen MR) is 97.5 cm³/mol. The minimum Gasteiger partial charge on any atom is -0.463 e. The van der Waals surface area contributed by atoms with E-state index in [1.54, 1.807) is 36.5 Å². The molecule has 1 aliphatic rings. The van der Waals surface area contributed by atoms with Crippen molar-refractivity contribution in [1.29, 1.82) is 0 Å². The molecular weight excluding hydrogens is 377 g/mol. The number of amides is 1. The van der Waals surface area contributed by atoms with Gasteiger partial charge in [0.2, 0.25) is 0 Å². The van der Waals surface area contributed by atoms with Crippen molar-refractivity contribution in [2.24, 2.45) is 0 Å². The van der Waals surface area contributed by atoms with Gasteiger partial charge in [-0.25, -0.2) is 0 Å². The molecule has 1 unspecified atom stereocenters. The number of rotatable bonds is 5. The zero-order valence-electron chi connectivity index (χ0n) is 13.8. The minimum atomic E-state index is -0.406. The number of methoxy groups -OCH3 is 1. The molecule has 0 saturated heterocycles. The van der Waals surface area contributed by atoms with Crippen LogP contribution >= 0.6 is 23.2 Å². The molecule has 1 amide bonds. The average molecular weight is 392 g/mol. The van der Waals surface area contributed by atoms with Gasteiger partial charge in [-0.05, 0) is 29.8 Å². The summed E-state index contributed by atoms with van der Waals surface area (Å²) in [5.41, 5.74) is 2.54. The van der Waals surface area contributed by atoms with Gasteiger partial charge < -0.3 is 14.1 Å². The third kappa shape index (κ3) is 2.70. The van der Waals surface area contributed by atoms with Crippen molar-refractivity contribution in [3.05, 3.63) is 63.5 Å². The van der Waals surface area contributed by atoms with E-state index in [1.165, 1.54) is 0 Å². The lowest BCUT2D eigenvalue weighted by molar-refractivity contribution is 0.0677. The smallest absolute Gasteiger partial charge is 0.275 e. The molecule has 4 rings (SSSR count). The zero-order valence-corrected chi connectivity index (χ0v) is 15.3. The van der Waals surface area contributed by atoms with Crippen LogP contribution in [0.3, 0.4) is 0 Å². The lowest BCUT2D eigenvalue weighted by atomic mass is 9.98. The first-order valence-electron chi connectivity index (χ1n) is 7.98. The maximum absolute atomic E-state index is 12.9. The summed E-state index contributed by atoms with van der Waals surface area (Å²) in [5.74, 6) is 0.428. The van der Waals surface area contributed by atoms with Crippen molar-refractivity contribution in [2.75, 3.05) is 20.3 Å². The van der Waals surface area contributed by atoms with Gasteiger partial charge in [0, 0.05) is 29.3 Å². The highest BCUT2D eigenvalue weighted by Gasteiger charge is 2.43. The van der Waals surface area contributed by atoms with Crippen LogP contribution in [0, 0.1) is 0 Å². The Morgan fingerprint density at radius 3 is 2.88 bits per heavy atom. The third-order valence-corrected chi connectivity index (χ3v) is 4.98. The lowest BCUT2D eigenvalue weighted by Crippen LogP contribution is -2.32. The van der Waals surface area contributed by atoms with Crippen LogP contribution < -0.4 is 0 Å². The third-order valence-electron chi connectivity index (χ3n) is 4.41. The molecule has 1 N–H and O–H groups in total. The van der Waals surface area contributed by atoms with Crippen molar-refractivity contribution >= 4 is 29.1 Å². The van der Waals surface area contributed by atoms with Gasteiger partial charge in [-0.1, -0.05) is 29.3 Å². The summed E-state index contributed by atoms with van der Waals surface area (Å²) < 4.78 is 10.7. The maximum atomic E-state index is 12.9. The molecule has 1 atom stereocenters. The summed E-state index contributed by atoms with van der Waals surface area (Å²) >= 11 is 12.5. The molecule has 1 aromatic carbocycles. The monoisotopic (exact) mass is 391 g/mol. The number of furan rings is 1. The van der Waals surface area contributed by atoms with Gasteiger partial charge in [0.25, 0.3) is 5.91 Å². The Labute approximate surface area is 159 Å². The first-order valence-corrected chi connectivity index (χ1v) is 8.74. The van der Waals surface area contributed by atoms with Gasteiger partial charge in [-0.2, -0.15) is 5.10 Å². The molecule has 134 valence electrons. The number of H-pyrrole nitrogens is 1. The van der Waals surface area contributed by atoms with E-state index in [-0.39, 0.29) is 5.91 Å². The molecule has 0 aliphatic carbocycles. The van der Waals surface area contributed by atoms with Crippen LogP contribution in [0.4, 0.5) is 0 Å². The molecule has 0 saturated carbocycles. The Bertz CT molecular complexity index is 953. The minimum absolute atomic E-state index is 0.179. The first-order chi connectivity index (χ1) is 12.6. The van der Waals surface area contributed by atoms with Crippen LogP contribution in [0.2, 0.25) is 10.0 Å². The Balaban J connectivity index is 1.89. The highest BCUT2D eigenvalue weighted by molar-refractivity contribution is 6.35. The highest BCUT2D eigenvalue weighted by Crippen LogP contribution is 2.44. The normalized spacial score (nSPS) is 16.3. The van der Waals surface area contributed by atoms with Gasteiger partial charge in [-0.15, -0.1) is 0 Å². The number of halogens is 2. The van der Waals surface area contributed by atoms with Gasteiger partial charge in [0.05, 0.1) is 18.9 Å². The van der Waals surface area contributed by atoms with Crippen molar-refractivity contribution in [3.63, 3.8) is 0 Å². The van der Waals surface area contributed by atoms with Crippen LogP contribution in [0.1, 0.15) is 27.7 Å². The summed E-state index contributed by atoms with van der Waals surface area (Å²) in [6.45, 7) is 0.810. The number of carbonyl (C=O) groups is 1. The standard InChI is InChI=1S/C18H15Cl2N3O3/c1-25-8-6-23-17(11-5-4-10(19)9-12(11)20)14-15(13-3-2-7-26-13)21-22-16(14)18(23)24/h2-5,7,9,17H,6,8H2,1H3,(H,21,22). The van der Waals surface area contributed by atoms with Gasteiger partial charge in [0.15, 0.2) is 11.5 Å². The number of benzene rings is 1. The lowest BCUT2D eigenvalue weighted by Gasteiger charge is -2.26. The number of hydrogen-bond donors (Lipinski definition) is 1. The second-order valence-electron chi connectivity index (χ2n) is 5.90. The molecule has 1 aliphatic heterocycles. The van der Waals surface area contributed by atoms with E-state index >= 15 is 0 Å². The van der Waals surface area contributed by atoms with Gasteiger partial charge in [-0.3, -0.25) is 9.89 Å². The number of ether oxygens (including phenoxy) is 1. The fraction of sp³-hybridized carbons (Fsp3) is 0.222. The van der Waals surface area contributed by atoms with E-state index in [0.717, 1.165) is 11.1 Å². The van der Waals surface area contributed by atoms with Crippen LogP contribution in [-0.4, -0.2) is 41.3 Å². The fourth-order valence-electron chi connectivity index (χ4n) is 3.26. The second kappa shape index (κ2) is 6.79. The fourth-order valence-corrected chi connectivity index (χ4v) is 3.78. The number of aromatic amines is 1. The van der Waals surface area contributed by atoms with Crippen molar-refractivity contribution in [1.82, 2.24) is 15.1 Å². The molecule has 0 fully saturated rings. The number of nitrogens with one attached hydrogen (secondary N) is 1. The van der Waals surface area contributed by atoms with Crippen LogP contribution in [0.25, 0.3) is 11.5 Å². The van der Waals surface area contributed by atoms with E-state index in [4.69, 9.17) is 32.4 Å². The number of carbonyl (C=O) groups excluding carboxylic acids is 1. The Morgan fingerprint density at radius 1 is 1.35 bits per heavy atom. The molecule has 0 radical (unpaired) electrons. The molecule has 3 aromatic rings. The molecule has 2 aromatic heterocycles. The SMILES string of the molecule is COCCN1C(=O)c2n[nH]c(-c3ccco3)c2C1c1ccc(Cl)cc1Cl. The molecule has 6 nitrogen and oxygen atoms in total. The molecular formula is C18H15Cl2N3O3. The van der Waals surface area contributed by atoms with Crippen LogP contribution in [0.5, 0.6) is 0 Å². The molecule has 26 heavy (non-hydrogen) atoms. The summed E-state index contributed by atoms with van der Waals surface area (Å²) in [7, 11) is 1.60. The molecule has 0 spiro atoms. The zero-order chi connectivity index (χ0) is 18.3. The largest absolute Gasteiger partial charge is 0.463 e. The second-order valence-corrected chi connectivity index (χ2v) is 6.74. The maximum Gasteiger partial charge on any atom is 0.275 e. The quantitative estimate of drug-likeness (QED) is 0.708. The molecule has 3 heterocycles. The topological polar surface area (TPSA) is 71.4 Å².